The number of halogens is 1. The van der Waals surface area contributed by atoms with Crippen LogP contribution in [0.1, 0.15) is 27.5 Å². The van der Waals surface area contributed by atoms with Gasteiger partial charge in [-0.1, -0.05) is 29.8 Å². The molecule has 1 aliphatic heterocycles. The molecule has 2 aromatic carbocycles. The molecule has 0 saturated carbocycles. The van der Waals surface area contributed by atoms with E-state index in [0.717, 1.165) is 22.7 Å². The zero-order valence-electron chi connectivity index (χ0n) is 11.0. The Balaban J connectivity index is 1.87. The van der Waals surface area contributed by atoms with E-state index in [1.54, 1.807) is 6.07 Å². The molecule has 102 valence electrons. The van der Waals surface area contributed by atoms with Crippen molar-refractivity contribution < 1.29 is 9.53 Å². The number of hydrogen-bond donors (Lipinski definition) is 1. The predicted molar refractivity (Wildman–Crippen MR) is 79.3 cm³/mol. The van der Waals surface area contributed by atoms with Gasteiger partial charge < -0.3 is 10.1 Å². The molecule has 1 N–H and O–H groups in total. The zero-order chi connectivity index (χ0) is 14.1. The average Bonchev–Trinajstić information content (AvgIpc) is 2.89. The van der Waals surface area contributed by atoms with Crippen molar-refractivity contribution in [2.75, 3.05) is 12.4 Å². The standard InChI is InChI=1S/C16H14ClNO2/c1-20-16(19)12-6-5-11-8-14(18-15(11)9-12)10-3-2-4-13(17)7-10/h2-7,9,14,18H,8H2,1H3. The van der Waals surface area contributed by atoms with Crippen molar-refractivity contribution in [3.05, 3.63) is 64.2 Å². The van der Waals surface area contributed by atoms with Crippen molar-refractivity contribution >= 4 is 23.3 Å². The van der Waals surface area contributed by atoms with E-state index < -0.39 is 0 Å². The molecule has 1 atom stereocenters. The lowest BCUT2D eigenvalue weighted by Gasteiger charge is -2.11. The summed E-state index contributed by atoms with van der Waals surface area (Å²) in [6.45, 7) is 0. The molecular weight excluding hydrogens is 274 g/mol. The number of fused-ring (bicyclic) bond motifs is 1. The molecule has 0 bridgehead atoms. The van der Waals surface area contributed by atoms with Gasteiger partial charge in [-0.2, -0.15) is 0 Å². The number of ether oxygens (including phenoxy) is 1. The predicted octanol–water partition coefficient (Wildman–Crippen LogP) is 3.84. The first kappa shape index (κ1) is 13.0. The van der Waals surface area contributed by atoms with E-state index in [4.69, 9.17) is 16.3 Å². The number of nitrogens with one attached hydrogen (secondary N) is 1. The maximum absolute atomic E-state index is 11.5. The van der Waals surface area contributed by atoms with Crippen molar-refractivity contribution in [2.45, 2.75) is 12.5 Å². The quantitative estimate of drug-likeness (QED) is 0.853. The fourth-order valence-corrected chi connectivity index (χ4v) is 2.72. The lowest BCUT2D eigenvalue weighted by Crippen LogP contribution is -2.05. The first-order chi connectivity index (χ1) is 9.67. The summed E-state index contributed by atoms with van der Waals surface area (Å²) >= 11 is 6.03. The molecule has 1 unspecified atom stereocenters. The summed E-state index contributed by atoms with van der Waals surface area (Å²) < 4.78 is 4.74. The van der Waals surface area contributed by atoms with Crippen molar-refractivity contribution in [1.29, 1.82) is 0 Å². The molecule has 0 aromatic heterocycles. The molecule has 4 heteroatoms. The number of hydrogen-bond acceptors (Lipinski definition) is 3. The monoisotopic (exact) mass is 287 g/mol. The summed E-state index contributed by atoms with van der Waals surface area (Å²) in [5.74, 6) is -0.319. The lowest BCUT2D eigenvalue weighted by atomic mass is 10.0. The molecule has 0 spiro atoms. The second-order valence-electron chi connectivity index (χ2n) is 4.82. The van der Waals surface area contributed by atoms with Crippen LogP contribution in [0.3, 0.4) is 0 Å². The Kier molecular flexibility index (Phi) is 3.36. The maximum atomic E-state index is 11.5. The van der Waals surface area contributed by atoms with Crippen LogP contribution in [0.2, 0.25) is 5.02 Å². The highest BCUT2D eigenvalue weighted by molar-refractivity contribution is 6.30. The molecule has 0 radical (unpaired) electrons. The minimum absolute atomic E-state index is 0.191. The highest BCUT2D eigenvalue weighted by Gasteiger charge is 2.23. The Morgan fingerprint density at radius 2 is 2.15 bits per heavy atom. The minimum atomic E-state index is -0.319. The molecule has 0 amide bonds. The molecular formula is C16H14ClNO2. The van der Waals surface area contributed by atoms with E-state index in [9.17, 15) is 4.79 Å². The van der Waals surface area contributed by atoms with Gasteiger partial charge in [0.1, 0.15) is 0 Å². The van der Waals surface area contributed by atoms with Crippen LogP contribution >= 0.6 is 11.6 Å². The highest BCUT2D eigenvalue weighted by atomic mass is 35.5. The maximum Gasteiger partial charge on any atom is 0.337 e. The van der Waals surface area contributed by atoms with Crippen molar-refractivity contribution in [3.63, 3.8) is 0 Å². The normalized spacial score (nSPS) is 16.4. The minimum Gasteiger partial charge on any atom is -0.465 e. The van der Waals surface area contributed by atoms with Gasteiger partial charge >= 0.3 is 5.97 Å². The van der Waals surface area contributed by atoms with Crippen LogP contribution < -0.4 is 5.32 Å². The van der Waals surface area contributed by atoms with Gasteiger partial charge in [0.05, 0.1) is 18.7 Å². The number of rotatable bonds is 2. The van der Waals surface area contributed by atoms with Gasteiger partial charge in [-0.15, -0.1) is 0 Å². The van der Waals surface area contributed by atoms with Gasteiger partial charge in [-0.25, -0.2) is 4.79 Å². The van der Waals surface area contributed by atoms with Gasteiger partial charge in [0.25, 0.3) is 0 Å². The topological polar surface area (TPSA) is 38.3 Å². The summed E-state index contributed by atoms with van der Waals surface area (Å²) in [6.07, 6.45) is 0.886. The first-order valence-corrected chi connectivity index (χ1v) is 6.78. The van der Waals surface area contributed by atoms with Crippen LogP contribution in [0, 0.1) is 0 Å². The van der Waals surface area contributed by atoms with E-state index >= 15 is 0 Å². The number of methoxy groups -OCH3 is 1. The Hall–Kier alpha value is -2.00. The molecule has 0 aliphatic carbocycles. The smallest absolute Gasteiger partial charge is 0.337 e. The molecule has 3 rings (SSSR count). The van der Waals surface area contributed by atoms with Crippen molar-refractivity contribution in [2.24, 2.45) is 0 Å². The average molecular weight is 288 g/mol. The molecule has 20 heavy (non-hydrogen) atoms. The van der Waals surface area contributed by atoms with E-state index in [0.29, 0.717) is 5.56 Å². The zero-order valence-corrected chi connectivity index (χ0v) is 11.8. The van der Waals surface area contributed by atoms with Gasteiger partial charge in [0.2, 0.25) is 0 Å². The van der Waals surface area contributed by atoms with Crippen LogP contribution in [0.4, 0.5) is 5.69 Å². The number of esters is 1. The molecule has 1 aliphatic rings. The highest BCUT2D eigenvalue weighted by Crippen LogP contribution is 2.35. The molecule has 2 aromatic rings. The van der Waals surface area contributed by atoms with Gasteiger partial charge in [-0.3, -0.25) is 0 Å². The first-order valence-electron chi connectivity index (χ1n) is 6.40. The van der Waals surface area contributed by atoms with Crippen LogP contribution in [0.5, 0.6) is 0 Å². The molecule has 0 fully saturated rings. The Morgan fingerprint density at radius 1 is 1.30 bits per heavy atom. The van der Waals surface area contributed by atoms with Gasteiger partial charge in [0.15, 0.2) is 0 Å². The Morgan fingerprint density at radius 3 is 2.90 bits per heavy atom. The van der Waals surface area contributed by atoms with Crippen LogP contribution in [-0.4, -0.2) is 13.1 Å². The third kappa shape index (κ3) is 2.37. The summed E-state index contributed by atoms with van der Waals surface area (Å²) in [5.41, 5.74) is 3.89. The number of benzene rings is 2. The van der Waals surface area contributed by atoms with Crippen molar-refractivity contribution in [1.82, 2.24) is 0 Å². The third-order valence-electron chi connectivity index (χ3n) is 3.54. The largest absolute Gasteiger partial charge is 0.465 e. The van der Waals surface area contributed by atoms with Crippen LogP contribution in [-0.2, 0) is 11.2 Å². The third-order valence-corrected chi connectivity index (χ3v) is 3.77. The summed E-state index contributed by atoms with van der Waals surface area (Å²) in [6, 6.07) is 13.6. The van der Waals surface area contributed by atoms with Crippen LogP contribution in [0.15, 0.2) is 42.5 Å². The number of carbonyl (C=O) groups excluding carboxylic acids is 1. The molecule has 3 nitrogen and oxygen atoms in total. The van der Waals surface area contributed by atoms with Gasteiger partial charge in [-0.05, 0) is 41.8 Å². The number of anilines is 1. The lowest BCUT2D eigenvalue weighted by molar-refractivity contribution is 0.0601. The summed E-state index contributed by atoms with van der Waals surface area (Å²) in [5, 5.41) is 4.16. The fourth-order valence-electron chi connectivity index (χ4n) is 2.52. The second-order valence-corrected chi connectivity index (χ2v) is 5.26. The number of carbonyl (C=O) groups is 1. The molecule has 1 heterocycles. The summed E-state index contributed by atoms with van der Waals surface area (Å²) in [7, 11) is 1.39. The van der Waals surface area contributed by atoms with Crippen LogP contribution in [0.25, 0.3) is 0 Å². The van der Waals surface area contributed by atoms with E-state index in [-0.39, 0.29) is 12.0 Å². The Labute approximate surface area is 122 Å². The van der Waals surface area contributed by atoms with Crippen molar-refractivity contribution in [3.8, 4) is 0 Å². The van der Waals surface area contributed by atoms with Gasteiger partial charge in [0, 0.05) is 10.7 Å². The van der Waals surface area contributed by atoms with E-state index in [1.807, 2.05) is 30.3 Å². The van der Waals surface area contributed by atoms with E-state index in [2.05, 4.69) is 11.4 Å². The summed E-state index contributed by atoms with van der Waals surface area (Å²) in [4.78, 5) is 11.5. The SMILES string of the molecule is COC(=O)c1ccc2c(c1)NC(c1cccc(Cl)c1)C2. The fraction of sp³-hybridized carbons (Fsp3) is 0.188. The second kappa shape index (κ2) is 5.17. The Bertz CT molecular complexity index is 669. The van der Waals surface area contributed by atoms with E-state index in [1.165, 1.54) is 12.7 Å². The molecule has 0 saturated heterocycles.